The number of esters is 1. The Kier molecular flexibility index (Phi) is 6.19. The molecule has 3 aromatic carbocycles. The Morgan fingerprint density at radius 1 is 1.00 bits per heavy atom. The number of fused-ring (bicyclic) bond motifs is 1. The van der Waals surface area contributed by atoms with E-state index in [0.29, 0.717) is 33.6 Å². The van der Waals surface area contributed by atoms with Gasteiger partial charge in [-0.3, -0.25) is 4.72 Å². The van der Waals surface area contributed by atoms with E-state index in [2.05, 4.69) is 4.72 Å². The van der Waals surface area contributed by atoms with Crippen LogP contribution in [0, 0.1) is 0 Å². The fraction of sp³-hybridized carbons (Fsp3) is 0.160. The van der Waals surface area contributed by atoms with E-state index in [-0.39, 0.29) is 0 Å². The zero-order valence-electron chi connectivity index (χ0n) is 18.2. The second-order valence-electron chi connectivity index (χ2n) is 7.82. The van der Waals surface area contributed by atoms with Crippen molar-refractivity contribution >= 4 is 44.2 Å². The van der Waals surface area contributed by atoms with Crippen molar-refractivity contribution in [3.05, 3.63) is 101 Å². The van der Waals surface area contributed by atoms with Gasteiger partial charge in [-0.05, 0) is 41.5 Å². The van der Waals surface area contributed by atoms with Gasteiger partial charge < -0.3 is 9.30 Å². The highest BCUT2D eigenvalue weighted by Crippen LogP contribution is 2.38. The Hall–Kier alpha value is -3.29. The summed E-state index contributed by atoms with van der Waals surface area (Å²) >= 11 is 6.15. The van der Waals surface area contributed by atoms with Gasteiger partial charge in [0, 0.05) is 23.0 Å². The summed E-state index contributed by atoms with van der Waals surface area (Å²) < 4.78 is 33.5. The number of halogens is 1. The Morgan fingerprint density at radius 2 is 1.70 bits per heavy atom. The van der Waals surface area contributed by atoms with E-state index in [1.165, 1.54) is 7.11 Å². The van der Waals surface area contributed by atoms with Gasteiger partial charge in [0.1, 0.15) is 0 Å². The molecule has 1 heterocycles. The maximum Gasteiger partial charge on any atom is 0.337 e. The SMILES string of the molecule is COC(=O)C(Cc1ccccc1)(c1ccc(Cl)cc1)n1ccc2c(NS(C)(=O)=O)cccc21. The van der Waals surface area contributed by atoms with Gasteiger partial charge in [0.15, 0.2) is 5.54 Å². The minimum Gasteiger partial charge on any atom is -0.467 e. The second-order valence-corrected chi connectivity index (χ2v) is 10.0. The number of aromatic nitrogens is 1. The van der Waals surface area contributed by atoms with Crippen LogP contribution in [-0.4, -0.2) is 32.3 Å². The number of methoxy groups -OCH3 is 1. The van der Waals surface area contributed by atoms with Crippen LogP contribution in [0.25, 0.3) is 10.9 Å². The average Bonchev–Trinajstić information content (AvgIpc) is 3.23. The molecule has 0 spiro atoms. The van der Waals surface area contributed by atoms with Crippen molar-refractivity contribution in [2.75, 3.05) is 18.1 Å². The minimum absolute atomic E-state index is 0.315. The molecule has 0 aliphatic rings. The molecule has 1 aromatic heterocycles. The van der Waals surface area contributed by atoms with E-state index in [1.54, 1.807) is 36.5 Å². The number of nitrogens with one attached hydrogen (secondary N) is 1. The van der Waals surface area contributed by atoms with Crippen LogP contribution in [-0.2, 0) is 31.5 Å². The molecule has 0 saturated heterocycles. The third kappa shape index (κ3) is 4.47. The van der Waals surface area contributed by atoms with Gasteiger partial charge in [0.25, 0.3) is 0 Å². The molecule has 0 aliphatic carbocycles. The van der Waals surface area contributed by atoms with Gasteiger partial charge in [0.05, 0.1) is 24.6 Å². The number of hydrogen-bond donors (Lipinski definition) is 1. The van der Waals surface area contributed by atoms with Crippen molar-refractivity contribution in [1.82, 2.24) is 4.57 Å². The summed E-state index contributed by atoms with van der Waals surface area (Å²) in [5.74, 6) is -0.451. The number of sulfonamides is 1. The average molecular weight is 483 g/mol. The monoisotopic (exact) mass is 482 g/mol. The number of carbonyl (C=O) groups excluding carboxylic acids is 1. The summed E-state index contributed by atoms with van der Waals surface area (Å²) in [5.41, 5.74) is 1.49. The first-order valence-electron chi connectivity index (χ1n) is 10.2. The second kappa shape index (κ2) is 8.92. The fourth-order valence-electron chi connectivity index (χ4n) is 4.19. The summed E-state index contributed by atoms with van der Waals surface area (Å²) in [6.07, 6.45) is 3.20. The number of benzene rings is 3. The molecule has 1 atom stereocenters. The van der Waals surface area contributed by atoms with Crippen LogP contribution in [0.3, 0.4) is 0 Å². The Labute approximate surface area is 197 Å². The number of anilines is 1. The van der Waals surface area contributed by atoms with Crippen LogP contribution in [0.1, 0.15) is 11.1 Å². The first-order valence-corrected chi connectivity index (χ1v) is 12.5. The lowest BCUT2D eigenvalue weighted by Crippen LogP contribution is -2.45. The number of ether oxygens (including phenoxy) is 1. The number of carbonyl (C=O) groups is 1. The molecule has 8 heteroatoms. The van der Waals surface area contributed by atoms with Gasteiger partial charge >= 0.3 is 5.97 Å². The van der Waals surface area contributed by atoms with Gasteiger partial charge in [-0.2, -0.15) is 0 Å². The van der Waals surface area contributed by atoms with Gasteiger partial charge in [-0.1, -0.05) is 60.1 Å². The molecule has 4 rings (SSSR count). The van der Waals surface area contributed by atoms with Crippen LogP contribution in [0.2, 0.25) is 5.02 Å². The first kappa shape index (κ1) is 22.9. The summed E-state index contributed by atoms with van der Waals surface area (Å²) in [6.45, 7) is 0. The molecule has 4 aromatic rings. The van der Waals surface area contributed by atoms with E-state index >= 15 is 0 Å². The van der Waals surface area contributed by atoms with Crippen LogP contribution < -0.4 is 4.72 Å². The predicted octanol–water partition coefficient (Wildman–Crippen LogP) is 4.83. The van der Waals surface area contributed by atoms with Gasteiger partial charge in [-0.15, -0.1) is 0 Å². The predicted molar refractivity (Wildman–Crippen MR) is 131 cm³/mol. The molecule has 1 N–H and O–H groups in total. The highest BCUT2D eigenvalue weighted by molar-refractivity contribution is 7.92. The molecule has 33 heavy (non-hydrogen) atoms. The van der Waals surface area contributed by atoms with Crippen molar-refractivity contribution in [1.29, 1.82) is 0 Å². The van der Waals surface area contributed by atoms with Crippen molar-refractivity contribution in [2.24, 2.45) is 0 Å². The smallest absolute Gasteiger partial charge is 0.337 e. The molecule has 0 radical (unpaired) electrons. The molecule has 0 saturated carbocycles. The summed E-state index contributed by atoms with van der Waals surface area (Å²) in [4.78, 5) is 13.6. The quantitative estimate of drug-likeness (QED) is 0.383. The van der Waals surface area contributed by atoms with Crippen LogP contribution in [0.5, 0.6) is 0 Å². The van der Waals surface area contributed by atoms with E-state index in [9.17, 15) is 13.2 Å². The van der Waals surface area contributed by atoms with E-state index in [1.807, 2.05) is 53.1 Å². The van der Waals surface area contributed by atoms with Crippen molar-refractivity contribution in [2.45, 2.75) is 12.0 Å². The van der Waals surface area contributed by atoms with Crippen LogP contribution >= 0.6 is 11.6 Å². The Balaban J connectivity index is 2.02. The van der Waals surface area contributed by atoms with E-state index in [0.717, 1.165) is 11.8 Å². The third-order valence-electron chi connectivity index (χ3n) is 5.59. The number of nitrogens with zero attached hydrogens (tertiary/aromatic N) is 1. The lowest BCUT2D eigenvalue weighted by molar-refractivity contribution is -0.148. The lowest BCUT2D eigenvalue weighted by atomic mass is 9.83. The summed E-state index contributed by atoms with van der Waals surface area (Å²) in [5, 5.41) is 1.22. The number of rotatable bonds is 7. The molecule has 0 fully saturated rings. The van der Waals surface area contributed by atoms with E-state index < -0.39 is 21.5 Å². The molecule has 0 aliphatic heterocycles. The molecule has 0 bridgehead atoms. The largest absolute Gasteiger partial charge is 0.467 e. The van der Waals surface area contributed by atoms with Crippen LogP contribution in [0.4, 0.5) is 5.69 Å². The molecule has 1 unspecified atom stereocenters. The van der Waals surface area contributed by atoms with Crippen molar-refractivity contribution in [3.8, 4) is 0 Å². The first-order chi connectivity index (χ1) is 15.7. The Bertz CT molecular complexity index is 1400. The van der Waals surface area contributed by atoms with E-state index in [4.69, 9.17) is 16.3 Å². The zero-order chi connectivity index (χ0) is 23.6. The third-order valence-corrected chi connectivity index (χ3v) is 6.43. The maximum absolute atomic E-state index is 13.6. The standard InChI is InChI=1S/C25H23ClN2O4S/c1-32-24(29)25(17-18-7-4-3-5-8-18,19-11-13-20(26)14-12-19)28-16-15-21-22(27-33(2,30)31)9-6-10-23(21)28/h3-16,27H,17H2,1-2H3. The molecular weight excluding hydrogens is 460 g/mol. The minimum atomic E-state index is -3.49. The normalized spacial score (nSPS) is 13.4. The molecule has 6 nitrogen and oxygen atoms in total. The van der Waals surface area contributed by atoms with Gasteiger partial charge in [-0.25, -0.2) is 13.2 Å². The highest BCUT2D eigenvalue weighted by atomic mass is 35.5. The maximum atomic E-state index is 13.6. The molecule has 170 valence electrons. The highest BCUT2D eigenvalue weighted by Gasteiger charge is 2.44. The van der Waals surface area contributed by atoms with Crippen molar-refractivity contribution in [3.63, 3.8) is 0 Å². The topological polar surface area (TPSA) is 77.4 Å². The van der Waals surface area contributed by atoms with Crippen LogP contribution in [0.15, 0.2) is 85.1 Å². The van der Waals surface area contributed by atoms with Crippen molar-refractivity contribution < 1.29 is 17.9 Å². The fourth-order valence-corrected chi connectivity index (χ4v) is 4.89. The lowest BCUT2D eigenvalue weighted by Gasteiger charge is -2.34. The molecular formula is C25H23ClN2O4S. The summed E-state index contributed by atoms with van der Waals surface area (Å²) in [6, 6.07) is 23.8. The molecule has 0 amide bonds. The summed E-state index contributed by atoms with van der Waals surface area (Å²) in [7, 11) is -2.13. The Morgan fingerprint density at radius 3 is 2.33 bits per heavy atom. The van der Waals surface area contributed by atoms with Gasteiger partial charge in [0.2, 0.25) is 10.0 Å². The zero-order valence-corrected chi connectivity index (χ0v) is 19.7. The number of hydrogen-bond acceptors (Lipinski definition) is 4.